The molecule has 4 rings (SSSR count). The van der Waals surface area contributed by atoms with Gasteiger partial charge in [0.25, 0.3) is 11.8 Å². The lowest BCUT2D eigenvalue weighted by Gasteiger charge is -2.28. The Morgan fingerprint density at radius 2 is 1.48 bits per heavy atom. The number of benzene rings is 3. The van der Waals surface area contributed by atoms with E-state index < -0.39 is 0 Å². The molecule has 0 aromatic heterocycles. The summed E-state index contributed by atoms with van der Waals surface area (Å²) in [5.74, 6) is -0.609. The molecule has 0 saturated heterocycles. The van der Waals surface area contributed by atoms with Crippen molar-refractivity contribution in [2.45, 2.75) is 45.4 Å². The Bertz CT molecular complexity index is 1080. The minimum absolute atomic E-state index is 0.305. The molecular weight excluding hydrogens is 386 g/mol. The minimum atomic E-state index is -0.305. The monoisotopic (exact) mass is 415 g/mol. The molecule has 5 nitrogen and oxygen atoms in total. The molecular formula is C26H29N3O2. The van der Waals surface area contributed by atoms with E-state index >= 15 is 0 Å². The molecule has 3 aromatic rings. The van der Waals surface area contributed by atoms with Crippen LogP contribution in [-0.4, -0.2) is 18.4 Å². The molecule has 2 amide bonds. The van der Waals surface area contributed by atoms with Crippen molar-refractivity contribution in [3.8, 4) is 0 Å². The fraction of sp³-hybridized carbons (Fsp3) is 0.308. The molecule has 0 atom stereocenters. The zero-order valence-electron chi connectivity index (χ0n) is 18.0. The first-order valence-electron chi connectivity index (χ1n) is 11.2. The van der Waals surface area contributed by atoms with E-state index in [0.29, 0.717) is 22.5 Å². The van der Waals surface area contributed by atoms with Crippen molar-refractivity contribution >= 4 is 39.6 Å². The number of rotatable bonds is 9. The topological polar surface area (TPSA) is 75.4 Å². The maximum absolute atomic E-state index is 13.2. The van der Waals surface area contributed by atoms with Crippen LogP contribution in [0.5, 0.6) is 0 Å². The summed E-state index contributed by atoms with van der Waals surface area (Å²) in [6.07, 6.45) is 7.44. The third kappa shape index (κ3) is 4.13. The van der Waals surface area contributed by atoms with Crippen LogP contribution in [0.2, 0.25) is 0 Å². The van der Waals surface area contributed by atoms with Gasteiger partial charge in [-0.15, -0.1) is 0 Å². The highest BCUT2D eigenvalue weighted by atomic mass is 16.2. The van der Waals surface area contributed by atoms with E-state index in [1.165, 1.54) is 37.0 Å². The molecule has 1 aliphatic heterocycles. The van der Waals surface area contributed by atoms with Crippen LogP contribution in [0.15, 0.2) is 54.6 Å². The van der Waals surface area contributed by atoms with E-state index in [2.05, 4.69) is 12.2 Å². The summed E-state index contributed by atoms with van der Waals surface area (Å²) >= 11 is 0. The Kier molecular flexibility index (Phi) is 6.21. The van der Waals surface area contributed by atoms with E-state index in [4.69, 9.17) is 5.73 Å². The molecule has 0 saturated carbocycles. The van der Waals surface area contributed by atoms with Crippen LogP contribution >= 0.6 is 0 Å². The van der Waals surface area contributed by atoms with Gasteiger partial charge in [0.2, 0.25) is 0 Å². The van der Waals surface area contributed by atoms with Crippen LogP contribution in [0, 0.1) is 0 Å². The van der Waals surface area contributed by atoms with E-state index in [0.717, 1.165) is 29.4 Å². The Morgan fingerprint density at radius 1 is 0.806 bits per heavy atom. The quantitative estimate of drug-likeness (QED) is 0.255. The smallest absolute Gasteiger partial charge is 0.265 e. The van der Waals surface area contributed by atoms with Crippen LogP contribution < -0.4 is 16.0 Å². The zero-order chi connectivity index (χ0) is 21.8. The first kappa shape index (κ1) is 20.9. The Balaban J connectivity index is 1.58. The molecule has 3 N–H and O–H groups in total. The molecule has 0 bridgehead atoms. The van der Waals surface area contributed by atoms with Crippen LogP contribution in [-0.2, 0) is 0 Å². The average molecular weight is 416 g/mol. The summed E-state index contributed by atoms with van der Waals surface area (Å²) in [5, 5.41) is 5.16. The number of amides is 2. The highest BCUT2D eigenvalue weighted by Gasteiger charge is 2.34. The van der Waals surface area contributed by atoms with Crippen LogP contribution in [0.3, 0.4) is 0 Å². The van der Waals surface area contributed by atoms with Gasteiger partial charge in [0.05, 0.1) is 5.69 Å². The summed E-state index contributed by atoms with van der Waals surface area (Å²) < 4.78 is 0. The normalized spacial score (nSPS) is 13.1. The van der Waals surface area contributed by atoms with Crippen LogP contribution in [0.4, 0.5) is 17.1 Å². The molecule has 3 aromatic carbocycles. The van der Waals surface area contributed by atoms with Gasteiger partial charge in [-0.05, 0) is 48.9 Å². The second-order valence-electron chi connectivity index (χ2n) is 8.12. The van der Waals surface area contributed by atoms with Gasteiger partial charge >= 0.3 is 0 Å². The molecule has 0 aliphatic carbocycles. The van der Waals surface area contributed by atoms with Crippen molar-refractivity contribution in [3.63, 3.8) is 0 Å². The van der Waals surface area contributed by atoms with E-state index in [1.54, 1.807) is 30.3 Å². The minimum Gasteiger partial charge on any atom is -0.399 e. The van der Waals surface area contributed by atoms with Gasteiger partial charge in [0, 0.05) is 39.8 Å². The number of carbonyl (C=O) groups is 2. The number of nitrogens with one attached hydrogen (secondary N) is 1. The molecule has 0 fully saturated rings. The standard InChI is InChI=1S/C26H29N3O2/c1-2-3-4-5-6-7-17-28-23-16-15-22-24-20(23)9-8-10-21(24)25(30)29(26(22)31)19-13-11-18(27)12-14-19/h8-16,28H,2-7,17,27H2,1H3. The van der Waals surface area contributed by atoms with E-state index in [-0.39, 0.29) is 11.8 Å². The predicted molar refractivity (Wildman–Crippen MR) is 128 cm³/mol. The number of hydrogen-bond donors (Lipinski definition) is 2. The summed E-state index contributed by atoms with van der Waals surface area (Å²) in [5.41, 5.74) is 8.94. The Hall–Kier alpha value is -3.34. The fourth-order valence-corrected chi connectivity index (χ4v) is 4.24. The maximum Gasteiger partial charge on any atom is 0.265 e. The van der Waals surface area contributed by atoms with E-state index in [9.17, 15) is 9.59 Å². The summed E-state index contributed by atoms with van der Waals surface area (Å²) in [6, 6.07) is 16.2. The Morgan fingerprint density at radius 3 is 2.23 bits per heavy atom. The van der Waals surface area contributed by atoms with Gasteiger partial charge in [-0.3, -0.25) is 9.59 Å². The fourth-order valence-electron chi connectivity index (χ4n) is 4.24. The van der Waals surface area contributed by atoms with Crippen molar-refractivity contribution in [2.75, 3.05) is 22.5 Å². The third-order valence-corrected chi connectivity index (χ3v) is 5.90. The SMILES string of the molecule is CCCCCCCCNc1ccc2c3c(cccc13)C(=O)N(c1ccc(N)cc1)C2=O. The lowest BCUT2D eigenvalue weighted by atomic mass is 9.92. The van der Waals surface area contributed by atoms with Gasteiger partial charge in [-0.25, -0.2) is 4.90 Å². The molecule has 0 spiro atoms. The summed E-state index contributed by atoms with van der Waals surface area (Å²) in [7, 11) is 0. The third-order valence-electron chi connectivity index (χ3n) is 5.90. The van der Waals surface area contributed by atoms with E-state index in [1.807, 2.05) is 24.3 Å². The highest BCUT2D eigenvalue weighted by molar-refractivity contribution is 6.36. The number of imide groups is 1. The molecule has 1 heterocycles. The molecule has 0 unspecified atom stereocenters. The molecule has 5 heteroatoms. The second-order valence-corrected chi connectivity index (χ2v) is 8.12. The van der Waals surface area contributed by atoms with Crippen molar-refractivity contribution in [1.82, 2.24) is 0 Å². The number of nitrogens with two attached hydrogens (primary N) is 1. The molecule has 160 valence electrons. The van der Waals surface area contributed by atoms with Crippen molar-refractivity contribution < 1.29 is 9.59 Å². The van der Waals surface area contributed by atoms with Gasteiger partial charge in [0.1, 0.15) is 0 Å². The first-order valence-corrected chi connectivity index (χ1v) is 11.2. The first-order chi connectivity index (χ1) is 15.1. The highest BCUT2D eigenvalue weighted by Crippen LogP contribution is 2.36. The predicted octanol–water partition coefficient (Wildman–Crippen LogP) is 6.00. The van der Waals surface area contributed by atoms with Gasteiger partial charge < -0.3 is 11.1 Å². The summed E-state index contributed by atoms with van der Waals surface area (Å²) in [4.78, 5) is 27.7. The zero-order valence-corrected chi connectivity index (χ0v) is 18.0. The van der Waals surface area contributed by atoms with Crippen molar-refractivity contribution in [2.24, 2.45) is 0 Å². The van der Waals surface area contributed by atoms with Crippen LogP contribution in [0.1, 0.15) is 66.2 Å². The lowest BCUT2D eigenvalue weighted by molar-refractivity contribution is 0.0893. The number of nitrogen functional groups attached to an aromatic ring is 1. The Labute approximate surface area is 183 Å². The molecule has 1 aliphatic rings. The average Bonchev–Trinajstić information content (AvgIpc) is 2.78. The summed E-state index contributed by atoms with van der Waals surface area (Å²) in [6.45, 7) is 3.11. The van der Waals surface area contributed by atoms with Gasteiger partial charge in [-0.1, -0.05) is 51.2 Å². The number of hydrogen-bond acceptors (Lipinski definition) is 4. The number of anilines is 3. The maximum atomic E-state index is 13.2. The van der Waals surface area contributed by atoms with Gasteiger partial charge in [-0.2, -0.15) is 0 Å². The number of nitrogens with zero attached hydrogens (tertiary/aromatic N) is 1. The van der Waals surface area contributed by atoms with Crippen molar-refractivity contribution in [3.05, 3.63) is 65.7 Å². The lowest BCUT2D eigenvalue weighted by Crippen LogP contribution is -2.40. The molecule has 31 heavy (non-hydrogen) atoms. The van der Waals surface area contributed by atoms with Crippen LogP contribution in [0.25, 0.3) is 10.8 Å². The van der Waals surface area contributed by atoms with Gasteiger partial charge in [0.15, 0.2) is 0 Å². The number of unbranched alkanes of at least 4 members (excludes halogenated alkanes) is 5. The number of carbonyl (C=O) groups excluding carboxylic acids is 2. The second kappa shape index (κ2) is 9.21. The largest absolute Gasteiger partial charge is 0.399 e. The molecule has 0 radical (unpaired) electrons. The van der Waals surface area contributed by atoms with Crippen molar-refractivity contribution in [1.29, 1.82) is 0 Å².